The highest BCUT2D eigenvalue weighted by molar-refractivity contribution is 5.87. The maximum Gasteiger partial charge on any atom is 0.123 e. The standard InChI is InChI=1S/C24H28N2O2/c1-27-24-11-10-21-4-2-3-5-22(21)23(24)17-25-16-19-6-8-20(9-7-19)18-26-12-14-28-15-13-26/h2-11,25H,12-18H2,1H3. The van der Waals surface area contributed by atoms with E-state index in [1.54, 1.807) is 7.11 Å². The van der Waals surface area contributed by atoms with E-state index in [0.717, 1.165) is 51.7 Å². The van der Waals surface area contributed by atoms with E-state index in [1.807, 2.05) is 0 Å². The maximum atomic E-state index is 5.59. The van der Waals surface area contributed by atoms with Gasteiger partial charge in [0, 0.05) is 38.3 Å². The molecule has 0 saturated carbocycles. The lowest BCUT2D eigenvalue weighted by molar-refractivity contribution is 0.0342. The number of hydrogen-bond acceptors (Lipinski definition) is 4. The fourth-order valence-corrected chi connectivity index (χ4v) is 3.80. The summed E-state index contributed by atoms with van der Waals surface area (Å²) in [5.74, 6) is 0.937. The second-order valence-corrected chi connectivity index (χ2v) is 7.28. The van der Waals surface area contributed by atoms with Crippen molar-refractivity contribution >= 4 is 10.8 Å². The van der Waals surface area contributed by atoms with E-state index in [-0.39, 0.29) is 0 Å². The molecular formula is C24H28N2O2. The molecule has 1 fully saturated rings. The number of methoxy groups -OCH3 is 1. The quantitative estimate of drug-likeness (QED) is 0.677. The summed E-state index contributed by atoms with van der Waals surface area (Å²) < 4.78 is 11.0. The predicted molar refractivity (Wildman–Crippen MR) is 114 cm³/mol. The van der Waals surface area contributed by atoms with Gasteiger partial charge in [-0.15, -0.1) is 0 Å². The van der Waals surface area contributed by atoms with Gasteiger partial charge >= 0.3 is 0 Å². The minimum atomic E-state index is 0.778. The molecule has 0 amide bonds. The Morgan fingerprint density at radius 3 is 2.43 bits per heavy atom. The molecule has 1 saturated heterocycles. The average Bonchev–Trinajstić information content (AvgIpc) is 2.76. The van der Waals surface area contributed by atoms with E-state index in [2.05, 4.69) is 70.9 Å². The van der Waals surface area contributed by atoms with E-state index >= 15 is 0 Å². The molecule has 0 aromatic heterocycles. The van der Waals surface area contributed by atoms with Crippen molar-refractivity contribution in [1.82, 2.24) is 10.2 Å². The molecule has 3 aromatic rings. The van der Waals surface area contributed by atoms with Crippen LogP contribution in [0.15, 0.2) is 60.7 Å². The molecule has 1 heterocycles. The van der Waals surface area contributed by atoms with Gasteiger partial charge in [0.2, 0.25) is 0 Å². The van der Waals surface area contributed by atoms with Crippen LogP contribution in [0.2, 0.25) is 0 Å². The third-order valence-corrected chi connectivity index (χ3v) is 5.38. The summed E-state index contributed by atoms with van der Waals surface area (Å²) in [7, 11) is 1.74. The molecule has 4 rings (SSSR count). The number of rotatable bonds is 7. The van der Waals surface area contributed by atoms with Crippen molar-refractivity contribution in [2.75, 3.05) is 33.4 Å². The lowest BCUT2D eigenvalue weighted by atomic mass is 10.0. The molecule has 0 bridgehead atoms. The van der Waals surface area contributed by atoms with Gasteiger partial charge in [0.25, 0.3) is 0 Å². The molecule has 28 heavy (non-hydrogen) atoms. The molecule has 0 radical (unpaired) electrons. The van der Waals surface area contributed by atoms with E-state index in [9.17, 15) is 0 Å². The number of benzene rings is 3. The van der Waals surface area contributed by atoms with E-state index in [1.165, 1.54) is 27.5 Å². The van der Waals surface area contributed by atoms with Crippen LogP contribution in [0.3, 0.4) is 0 Å². The molecule has 0 aliphatic carbocycles. The summed E-state index contributed by atoms with van der Waals surface area (Å²) >= 11 is 0. The van der Waals surface area contributed by atoms with Gasteiger partial charge in [0.1, 0.15) is 5.75 Å². The van der Waals surface area contributed by atoms with E-state index in [4.69, 9.17) is 9.47 Å². The molecule has 0 spiro atoms. The number of ether oxygens (including phenoxy) is 2. The monoisotopic (exact) mass is 376 g/mol. The van der Waals surface area contributed by atoms with Gasteiger partial charge in [-0.2, -0.15) is 0 Å². The number of fused-ring (bicyclic) bond motifs is 1. The summed E-state index contributed by atoms with van der Waals surface area (Å²) in [4.78, 5) is 2.45. The fraction of sp³-hybridized carbons (Fsp3) is 0.333. The van der Waals surface area contributed by atoms with Gasteiger partial charge in [-0.05, 0) is 28.0 Å². The number of hydrogen-bond donors (Lipinski definition) is 1. The Kier molecular flexibility index (Phi) is 6.22. The third-order valence-electron chi connectivity index (χ3n) is 5.38. The Morgan fingerprint density at radius 1 is 0.893 bits per heavy atom. The van der Waals surface area contributed by atoms with Crippen LogP contribution in [-0.2, 0) is 24.4 Å². The van der Waals surface area contributed by atoms with Gasteiger partial charge in [0.05, 0.1) is 20.3 Å². The van der Waals surface area contributed by atoms with E-state index < -0.39 is 0 Å². The molecule has 1 aliphatic heterocycles. The minimum Gasteiger partial charge on any atom is -0.496 e. The van der Waals surface area contributed by atoms with Crippen molar-refractivity contribution in [3.05, 3.63) is 77.4 Å². The molecule has 1 N–H and O–H groups in total. The number of morpholine rings is 1. The lowest BCUT2D eigenvalue weighted by Gasteiger charge is -2.26. The zero-order valence-electron chi connectivity index (χ0n) is 16.5. The summed E-state index contributed by atoms with van der Waals surface area (Å²) in [6.45, 7) is 6.36. The Bertz CT molecular complexity index is 902. The molecule has 146 valence electrons. The average molecular weight is 377 g/mol. The fourth-order valence-electron chi connectivity index (χ4n) is 3.80. The SMILES string of the molecule is COc1ccc2ccccc2c1CNCc1ccc(CN2CCOCC2)cc1. The lowest BCUT2D eigenvalue weighted by Crippen LogP contribution is -2.35. The number of nitrogens with one attached hydrogen (secondary N) is 1. The normalized spacial score (nSPS) is 15.0. The highest BCUT2D eigenvalue weighted by Gasteiger charge is 2.11. The first kappa shape index (κ1) is 18.9. The molecule has 0 unspecified atom stereocenters. The highest BCUT2D eigenvalue weighted by Crippen LogP contribution is 2.27. The summed E-state index contributed by atoms with van der Waals surface area (Å²) in [5.41, 5.74) is 3.87. The first-order chi connectivity index (χ1) is 13.8. The van der Waals surface area contributed by atoms with Crippen molar-refractivity contribution < 1.29 is 9.47 Å². The Hall–Kier alpha value is -2.40. The molecule has 0 atom stereocenters. The van der Waals surface area contributed by atoms with Crippen LogP contribution in [0.4, 0.5) is 0 Å². The van der Waals surface area contributed by atoms with Gasteiger partial charge in [-0.1, -0.05) is 54.6 Å². The largest absolute Gasteiger partial charge is 0.496 e. The van der Waals surface area contributed by atoms with Crippen LogP contribution in [0.25, 0.3) is 10.8 Å². The van der Waals surface area contributed by atoms with Gasteiger partial charge < -0.3 is 14.8 Å². The molecule has 3 aromatic carbocycles. The third kappa shape index (κ3) is 4.53. The van der Waals surface area contributed by atoms with Crippen molar-refractivity contribution in [2.45, 2.75) is 19.6 Å². The topological polar surface area (TPSA) is 33.7 Å². The summed E-state index contributed by atoms with van der Waals surface area (Å²) in [6, 6.07) is 21.6. The molecule has 1 aliphatic rings. The zero-order chi connectivity index (χ0) is 19.2. The van der Waals surface area contributed by atoms with Crippen LogP contribution < -0.4 is 10.1 Å². The van der Waals surface area contributed by atoms with Crippen LogP contribution >= 0.6 is 0 Å². The highest BCUT2D eigenvalue weighted by atomic mass is 16.5. The summed E-state index contributed by atoms with van der Waals surface area (Å²) in [5, 5.41) is 6.07. The summed E-state index contributed by atoms with van der Waals surface area (Å²) in [6.07, 6.45) is 0. The van der Waals surface area contributed by atoms with Crippen molar-refractivity contribution in [2.24, 2.45) is 0 Å². The molecular weight excluding hydrogens is 348 g/mol. The Morgan fingerprint density at radius 2 is 1.64 bits per heavy atom. The van der Waals surface area contributed by atoms with Crippen LogP contribution in [0.1, 0.15) is 16.7 Å². The van der Waals surface area contributed by atoms with Crippen LogP contribution in [-0.4, -0.2) is 38.3 Å². The second-order valence-electron chi connectivity index (χ2n) is 7.28. The zero-order valence-corrected chi connectivity index (χ0v) is 16.5. The Labute approximate surface area is 167 Å². The van der Waals surface area contributed by atoms with Gasteiger partial charge in [-0.3, -0.25) is 4.90 Å². The van der Waals surface area contributed by atoms with Crippen molar-refractivity contribution in [1.29, 1.82) is 0 Å². The Balaban J connectivity index is 1.37. The van der Waals surface area contributed by atoms with Gasteiger partial charge in [-0.25, -0.2) is 0 Å². The van der Waals surface area contributed by atoms with Gasteiger partial charge in [0.15, 0.2) is 0 Å². The van der Waals surface area contributed by atoms with E-state index in [0.29, 0.717) is 0 Å². The van der Waals surface area contributed by atoms with Crippen LogP contribution in [0.5, 0.6) is 5.75 Å². The maximum absolute atomic E-state index is 5.59. The van der Waals surface area contributed by atoms with Crippen molar-refractivity contribution in [3.63, 3.8) is 0 Å². The number of nitrogens with zero attached hydrogens (tertiary/aromatic N) is 1. The first-order valence-electron chi connectivity index (χ1n) is 9.97. The predicted octanol–water partition coefficient (Wildman–Crippen LogP) is 3.97. The molecule has 4 heteroatoms. The van der Waals surface area contributed by atoms with Crippen molar-refractivity contribution in [3.8, 4) is 5.75 Å². The van der Waals surface area contributed by atoms with Crippen LogP contribution in [0, 0.1) is 0 Å². The first-order valence-corrected chi connectivity index (χ1v) is 9.97. The second kappa shape index (κ2) is 9.20. The smallest absolute Gasteiger partial charge is 0.123 e. The molecule has 4 nitrogen and oxygen atoms in total. The minimum absolute atomic E-state index is 0.778.